The highest BCUT2D eigenvalue weighted by Gasteiger charge is 2.18. The molecule has 116 valence electrons. The Balaban J connectivity index is 0.00000361. The zero-order valence-corrected chi connectivity index (χ0v) is 13.2. The van der Waals surface area contributed by atoms with Crippen LogP contribution in [0.5, 0.6) is 11.5 Å². The molecule has 0 radical (unpaired) electrons. The van der Waals surface area contributed by atoms with Gasteiger partial charge in [0.05, 0.1) is 18.8 Å². The first-order chi connectivity index (χ1) is 8.95. The molecule has 0 aliphatic heterocycles. The van der Waals surface area contributed by atoms with Crippen LogP contribution in [-0.2, 0) is 0 Å². The predicted octanol–water partition coefficient (Wildman–Crippen LogP) is 3.01. The summed E-state index contributed by atoms with van der Waals surface area (Å²) in [6.07, 6.45) is 1.02. The van der Waals surface area contributed by atoms with Gasteiger partial charge in [-0.25, -0.2) is 0 Å². The lowest BCUT2D eigenvalue weighted by Crippen LogP contribution is -2.26. The summed E-state index contributed by atoms with van der Waals surface area (Å²) in [4.78, 5) is 0. The Morgan fingerprint density at radius 3 is 2.45 bits per heavy atom. The van der Waals surface area contributed by atoms with Crippen molar-refractivity contribution in [2.24, 2.45) is 11.7 Å². The molecule has 20 heavy (non-hydrogen) atoms. The fourth-order valence-corrected chi connectivity index (χ4v) is 1.91. The molecule has 0 fully saturated rings. The molecular formula is C15H26ClNO3. The highest BCUT2D eigenvalue weighted by Crippen LogP contribution is 2.30. The van der Waals surface area contributed by atoms with E-state index in [4.69, 9.17) is 10.5 Å². The molecule has 0 aliphatic carbocycles. The summed E-state index contributed by atoms with van der Waals surface area (Å²) in [7, 11) is 0. The third kappa shape index (κ3) is 5.57. The third-order valence-corrected chi connectivity index (χ3v) is 3.12. The fourth-order valence-electron chi connectivity index (χ4n) is 1.91. The van der Waals surface area contributed by atoms with Gasteiger partial charge in [-0.05, 0) is 43.4 Å². The number of aliphatic hydroxyl groups is 1. The van der Waals surface area contributed by atoms with Crippen LogP contribution in [0.3, 0.4) is 0 Å². The molecule has 4 N–H and O–H groups in total. The quantitative estimate of drug-likeness (QED) is 0.724. The molecule has 1 aromatic rings. The maximum absolute atomic E-state index is 10.1. The number of benzene rings is 1. The number of phenolic OH excluding ortho intramolecular Hbond substituents is 1. The van der Waals surface area contributed by atoms with Crippen molar-refractivity contribution in [3.8, 4) is 11.5 Å². The summed E-state index contributed by atoms with van der Waals surface area (Å²) < 4.78 is 5.32. The first-order valence-corrected chi connectivity index (χ1v) is 6.85. The largest absolute Gasteiger partial charge is 0.504 e. The highest BCUT2D eigenvalue weighted by atomic mass is 35.5. The average Bonchev–Trinajstić information content (AvgIpc) is 2.38. The van der Waals surface area contributed by atoms with E-state index in [1.807, 2.05) is 6.92 Å². The van der Waals surface area contributed by atoms with Crippen LogP contribution < -0.4 is 10.5 Å². The number of halogens is 1. The van der Waals surface area contributed by atoms with Crippen LogP contribution >= 0.6 is 12.4 Å². The summed E-state index contributed by atoms with van der Waals surface area (Å²) in [5, 5.41) is 19.7. The second-order valence-electron chi connectivity index (χ2n) is 5.22. The van der Waals surface area contributed by atoms with Gasteiger partial charge in [0.2, 0.25) is 0 Å². The SMILES string of the molecule is CCOc1cc([C@@H](N)[C@@H](O)CCC(C)C)ccc1O.Cl. The second kappa shape index (κ2) is 9.06. The van der Waals surface area contributed by atoms with Crippen LogP contribution in [0.4, 0.5) is 0 Å². The third-order valence-electron chi connectivity index (χ3n) is 3.12. The number of hydrogen-bond donors (Lipinski definition) is 3. The Bertz CT molecular complexity index is 399. The van der Waals surface area contributed by atoms with Crippen LogP contribution in [0.2, 0.25) is 0 Å². The Kier molecular flexibility index (Phi) is 8.62. The lowest BCUT2D eigenvalue weighted by atomic mass is 9.96. The molecule has 1 rings (SSSR count). The average molecular weight is 304 g/mol. The minimum Gasteiger partial charge on any atom is -0.504 e. The van der Waals surface area contributed by atoms with Crippen molar-refractivity contribution in [1.82, 2.24) is 0 Å². The van der Waals surface area contributed by atoms with Gasteiger partial charge in [-0.3, -0.25) is 0 Å². The number of phenols is 1. The lowest BCUT2D eigenvalue weighted by Gasteiger charge is -2.21. The van der Waals surface area contributed by atoms with E-state index in [1.54, 1.807) is 18.2 Å². The molecule has 0 saturated heterocycles. The van der Waals surface area contributed by atoms with Gasteiger partial charge in [0.1, 0.15) is 0 Å². The van der Waals surface area contributed by atoms with Crippen LogP contribution in [0.15, 0.2) is 18.2 Å². The molecular weight excluding hydrogens is 278 g/mol. The maximum Gasteiger partial charge on any atom is 0.161 e. The Morgan fingerprint density at radius 1 is 1.25 bits per heavy atom. The molecule has 0 aromatic heterocycles. The molecule has 0 bridgehead atoms. The van der Waals surface area contributed by atoms with Gasteiger partial charge in [-0.1, -0.05) is 19.9 Å². The smallest absolute Gasteiger partial charge is 0.161 e. The van der Waals surface area contributed by atoms with Crippen molar-refractivity contribution in [2.75, 3.05) is 6.61 Å². The Morgan fingerprint density at radius 2 is 1.90 bits per heavy atom. The van der Waals surface area contributed by atoms with E-state index in [9.17, 15) is 10.2 Å². The van der Waals surface area contributed by atoms with E-state index < -0.39 is 12.1 Å². The zero-order valence-electron chi connectivity index (χ0n) is 12.4. The molecule has 0 amide bonds. The molecule has 0 heterocycles. The molecule has 5 heteroatoms. The number of rotatable bonds is 7. The van der Waals surface area contributed by atoms with E-state index in [0.717, 1.165) is 12.0 Å². The Hall–Kier alpha value is -0.970. The number of nitrogens with two attached hydrogens (primary N) is 1. The molecule has 0 saturated carbocycles. The van der Waals surface area contributed by atoms with E-state index in [1.165, 1.54) is 0 Å². The van der Waals surface area contributed by atoms with Crippen molar-refractivity contribution in [3.05, 3.63) is 23.8 Å². The van der Waals surface area contributed by atoms with Crippen molar-refractivity contribution in [2.45, 2.75) is 45.8 Å². The van der Waals surface area contributed by atoms with E-state index >= 15 is 0 Å². The van der Waals surface area contributed by atoms with Crippen LogP contribution in [0.25, 0.3) is 0 Å². The van der Waals surface area contributed by atoms with Gasteiger partial charge in [-0.15, -0.1) is 12.4 Å². The minimum absolute atomic E-state index is 0. The lowest BCUT2D eigenvalue weighted by molar-refractivity contribution is 0.128. The second-order valence-corrected chi connectivity index (χ2v) is 5.22. The molecule has 4 nitrogen and oxygen atoms in total. The first-order valence-electron chi connectivity index (χ1n) is 6.85. The van der Waals surface area contributed by atoms with E-state index in [-0.39, 0.29) is 18.2 Å². The van der Waals surface area contributed by atoms with Gasteiger partial charge >= 0.3 is 0 Å². The minimum atomic E-state index is -0.582. The van der Waals surface area contributed by atoms with Gasteiger partial charge in [0, 0.05) is 0 Å². The molecule has 2 atom stereocenters. The highest BCUT2D eigenvalue weighted by molar-refractivity contribution is 5.85. The van der Waals surface area contributed by atoms with Crippen LogP contribution in [-0.4, -0.2) is 22.9 Å². The normalized spacial score (nSPS) is 13.7. The number of ether oxygens (including phenoxy) is 1. The van der Waals surface area contributed by atoms with Crippen molar-refractivity contribution in [3.63, 3.8) is 0 Å². The summed E-state index contributed by atoms with van der Waals surface area (Å²) >= 11 is 0. The monoisotopic (exact) mass is 303 g/mol. The summed E-state index contributed by atoms with van der Waals surface area (Å²) in [6.45, 7) is 6.56. The van der Waals surface area contributed by atoms with Gasteiger partial charge in [0.15, 0.2) is 11.5 Å². The number of aromatic hydroxyl groups is 1. The van der Waals surface area contributed by atoms with Gasteiger partial charge in [-0.2, -0.15) is 0 Å². The van der Waals surface area contributed by atoms with Gasteiger partial charge in [0.25, 0.3) is 0 Å². The number of aliphatic hydroxyl groups excluding tert-OH is 1. The molecule has 1 aromatic carbocycles. The molecule has 0 spiro atoms. The summed E-state index contributed by atoms with van der Waals surface area (Å²) in [5.41, 5.74) is 6.83. The molecule has 0 unspecified atom stereocenters. The van der Waals surface area contributed by atoms with Crippen LogP contribution in [0.1, 0.15) is 45.2 Å². The van der Waals surface area contributed by atoms with Crippen molar-refractivity contribution in [1.29, 1.82) is 0 Å². The first kappa shape index (κ1) is 19.0. The van der Waals surface area contributed by atoms with Crippen molar-refractivity contribution < 1.29 is 14.9 Å². The van der Waals surface area contributed by atoms with Crippen molar-refractivity contribution >= 4 is 12.4 Å². The topological polar surface area (TPSA) is 75.7 Å². The van der Waals surface area contributed by atoms with Crippen LogP contribution in [0, 0.1) is 5.92 Å². The van der Waals surface area contributed by atoms with E-state index in [0.29, 0.717) is 24.7 Å². The summed E-state index contributed by atoms with van der Waals surface area (Å²) in [5.74, 6) is 1.04. The zero-order chi connectivity index (χ0) is 14.4. The fraction of sp³-hybridized carbons (Fsp3) is 0.600. The van der Waals surface area contributed by atoms with Gasteiger partial charge < -0.3 is 20.7 Å². The predicted molar refractivity (Wildman–Crippen MR) is 83.5 cm³/mol. The summed E-state index contributed by atoms with van der Waals surface area (Å²) in [6, 6.07) is 4.51. The standard InChI is InChI=1S/C15H25NO3.ClH/c1-4-19-14-9-11(6-8-12(14)17)15(16)13(18)7-5-10(2)3;/h6,8-10,13,15,17-18H,4-5,7,16H2,1-3H3;1H/t13-,15+;/m0./s1. The van der Waals surface area contributed by atoms with E-state index in [2.05, 4.69) is 13.8 Å². The Labute approximate surface area is 127 Å². The molecule has 0 aliphatic rings. The number of hydrogen-bond acceptors (Lipinski definition) is 4. The maximum atomic E-state index is 10.1.